The van der Waals surface area contributed by atoms with Crippen molar-refractivity contribution in [3.05, 3.63) is 76.3 Å². The molecule has 1 aromatic heterocycles. The molecule has 0 radical (unpaired) electrons. The first kappa shape index (κ1) is 23.7. The monoisotopic (exact) mass is 496 g/mol. The molecular formula is C26H23F3N4O3. The molecule has 0 aliphatic carbocycles. The predicted molar refractivity (Wildman–Crippen MR) is 128 cm³/mol. The van der Waals surface area contributed by atoms with Gasteiger partial charge in [-0.1, -0.05) is 18.2 Å². The van der Waals surface area contributed by atoms with Crippen molar-refractivity contribution in [2.45, 2.75) is 20.0 Å². The molecule has 1 saturated heterocycles. The number of carbonyl (C=O) groups excluding carboxylic acids is 2. The minimum atomic E-state index is -4.61. The summed E-state index contributed by atoms with van der Waals surface area (Å²) in [5.74, 6) is 0.241. The SMILES string of the molecule is Cc1ccc2c(c1C)NC(=O)c1ccc(N3CCN(C(=O)c4ccccc4C(F)(F)F)CC3)nc1O2. The van der Waals surface area contributed by atoms with Crippen LogP contribution in [0.5, 0.6) is 11.6 Å². The average Bonchev–Trinajstić information content (AvgIpc) is 3.01. The van der Waals surface area contributed by atoms with Gasteiger partial charge in [-0.05, 0) is 55.3 Å². The van der Waals surface area contributed by atoms with E-state index in [1.807, 2.05) is 24.8 Å². The van der Waals surface area contributed by atoms with Crippen LogP contribution in [0.4, 0.5) is 24.7 Å². The van der Waals surface area contributed by atoms with Gasteiger partial charge in [-0.15, -0.1) is 0 Å². The van der Waals surface area contributed by atoms with Gasteiger partial charge in [0.15, 0.2) is 5.75 Å². The number of halogens is 3. The van der Waals surface area contributed by atoms with Crippen LogP contribution in [0, 0.1) is 13.8 Å². The minimum Gasteiger partial charge on any atom is -0.436 e. The van der Waals surface area contributed by atoms with Crippen molar-refractivity contribution >= 4 is 23.3 Å². The molecule has 3 aromatic rings. The molecule has 5 rings (SSSR count). The number of alkyl halides is 3. The molecular weight excluding hydrogens is 473 g/mol. The van der Waals surface area contributed by atoms with Crippen molar-refractivity contribution in [2.75, 3.05) is 36.4 Å². The van der Waals surface area contributed by atoms with Gasteiger partial charge < -0.3 is 19.9 Å². The van der Waals surface area contributed by atoms with Gasteiger partial charge in [0.25, 0.3) is 11.8 Å². The highest BCUT2D eigenvalue weighted by Gasteiger charge is 2.36. The third-order valence-electron chi connectivity index (χ3n) is 6.59. The number of ether oxygens (including phenoxy) is 1. The number of nitrogens with one attached hydrogen (secondary N) is 1. The van der Waals surface area contributed by atoms with Crippen LogP contribution in [-0.2, 0) is 6.18 Å². The predicted octanol–water partition coefficient (Wildman–Crippen LogP) is 5.04. The van der Waals surface area contributed by atoms with Crippen LogP contribution >= 0.6 is 0 Å². The lowest BCUT2D eigenvalue weighted by Crippen LogP contribution is -2.49. The van der Waals surface area contributed by atoms with E-state index < -0.39 is 17.6 Å². The summed E-state index contributed by atoms with van der Waals surface area (Å²) in [4.78, 5) is 33.6. The number of benzene rings is 2. The molecule has 7 nitrogen and oxygen atoms in total. The second-order valence-corrected chi connectivity index (χ2v) is 8.78. The van der Waals surface area contributed by atoms with E-state index in [1.165, 1.54) is 23.1 Å². The van der Waals surface area contributed by atoms with E-state index in [2.05, 4.69) is 10.3 Å². The number of aryl methyl sites for hydroxylation is 1. The molecule has 10 heteroatoms. The topological polar surface area (TPSA) is 74.8 Å². The van der Waals surface area contributed by atoms with Gasteiger partial charge in [0.05, 0.1) is 16.8 Å². The van der Waals surface area contributed by atoms with E-state index >= 15 is 0 Å². The smallest absolute Gasteiger partial charge is 0.417 e. The second-order valence-electron chi connectivity index (χ2n) is 8.78. The van der Waals surface area contributed by atoms with Crippen molar-refractivity contribution in [3.63, 3.8) is 0 Å². The number of pyridine rings is 1. The Labute approximate surface area is 205 Å². The number of amides is 2. The molecule has 0 atom stereocenters. The molecule has 2 aromatic carbocycles. The Morgan fingerprint density at radius 2 is 1.72 bits per heavy atom. The number of nitrogens with zero attached hydrogens (tertiary/aromatic N) is 3. The van der Waals surface area contributed by atoms with Gasteiger partial charge in [-0.3, -0.25) is 9.59 Å². The van der Waals surface area contributed by atoms with Crippen molar-refractivity contribution in [1.29, 1.82) is 0 Å². The lowest BCUT2D eigenvalue weighted by atomic mass is 10.1. The van der Waals surface area contributed by atoms with E-state index in [-0.39, 0.29) is 30.4 Å². The number of hydrogen-bond donors (Lipinski definition) is 1. The summed E-state index contributed by atoms with van der Waals surface area (Å²) < 4.78 is 46.1. The fourth-order valence-electron chi connectivity index (χ4n) is 4.40. The molecule has 1 fully saturated rings. The molecule has 0 unspecified atom stereocenters. The highest BCUT2D eigenvalue weighted by molar-refractivity contribution is 6.08. The Hall–Kier alpha value is -4.08. The zero-order valence-corrected chi connectivity index (χ0v) is 19.6. The summed E-state index contributed by atoms with van der Waals surface area (Å²) in [5.41, 5.74) is 1.52. The number of anilines is 2. The number of fused-ring (bicyclic) bond motifs is 2. The van der Waals surface area contributed by atoms with E-state index in [1.54, 1.807) is 18.2 Å². The quantitative estimate of drug-likeness (QED) is 0.538. The zero-order valence-electron chi connectivity index (χ0n) is 19.6. The number of piperazine rings is 1. The van der Waals surface area contributed by atoms with Crippen LogP contribution in [0.2, 0.25) is 0 Å². The molecule has 2 aliphatic heterocycles. The van der Waals surface area contributed by atoms with Crippen LogP contribution < -0.4 is 15.0 Å². The van der Waals surface area contributed by atoms with Crippen LogP contribution in [0.1, 0.15) is 37.4 Å². The number of rotatable bonds is 2. The van der Waals surface area contributed by atoms with Gasteiger partial charge >= 0.3 is 6.18 Å². The molecule has 3 heterocycles. The van der Waals surface area contributed by atoms with E-state index in [9.17, 15) is 22.8 Å². The molecule has 0 bridgehead atoms. The number of aromatic nitrogens is 1. The van der Waals surface area contributed by atoms with Gasteiger partial charge in [0.1, 0.15) is 11.4 Å². The molecule has 2 amide bonds. The van der Waals surface area contributed by atoms with Gasteiger partial charge in [0.2, 0.25) is 5.88 Å². The normalized spacial score (nSPS) is 15.4. The fraction of sp³-hybridized carbons (Fsp3) is 0.269. The lowest BCUT2D eigenvalue weighted by Gasteiger charge is -2.36. The summed E-state index contributed by atoms with van der Waals surface area (Å²) in [6.45, 7) is 5.04. The summed E-state index contributed by atoms with van der Waals surface area (Å²) in [7, 11) is 0. The van der Waals surface area contributed by atoms with Crippen LogP contribution in [0.3, 0.4) is 0 Å². The van der Waals surface area contributed by atoms with Crippen LogP contribution in [0.25, 0.3) is 0 Å². The molecule has 186 valence electrons. The van der Waals surface area contributed by atoms with Gasteiger partial charge in [-0.2, -0.15) is 18.2 Å². The number of hydrogen-bond acceptors (Lipinski definition) is 5. The highest BCUT2D eigenvalue weighted by Crippen LogP contribution is 2.38. The summed E-state index contributed by atoms with van der Waals surface area (Å²) in [6, 6.07) is 11.8. The minimum absolute atomic E-state index is 0.171. The van der Waals surface area contributed by atoms with E-state index in [4.69, 9.17) is 4.74 Å². The van der Waals surface area contributed by atoms with Gasteiger partial charge in [-0.25, -0.2) is 0 Å². The van der Waals surface area contributed by atoms with Crippen molar-refractivity contribution in [3.8, 4) is 11.6 Å². The van der Waals surface area contributed by atoms with E-state index in [0.29, 0.717) is 35.9 Å². The molecule has 0 spiro atoms. The highest BCUT2D eigenvalue weighted by atomic mass is 19.4. The zero-order chi connectivity index (χ0) is 25.6. The second kappa shape index (κ2) is 8.85. The first-order valence-corrected chi connectivity index (χ1v) is 11.4. The van der Waals surface area contributed by atoms with E-state index in [0.717, 1.165) is 17.2 Å². The summed E-state index contributed by atoms with van der Waals surface area (Å²) in [5, 5.41) is 2.89. The maximum Gasteiger partial charge on any atom is 0.417 e. The third kappa shape index (κ3) is 4.23. The Kier molecular flexibility index (Phi) is 5.82. The van der Waals surface area contributed by atoms with Crippen molar-refractivity contribution < 1.29 is 27.5 Å². The maximum absolute atomic E-state index is 13.4. The number of carbonyl (C=O) groups is 2. The van der Waals surface area contributed by atoms with Crippen molar-refractivity contribution in [2.24, 2.45) is 0 Å². The van der Waals surface area contributed by atoms with Crippen molar-refractivity contribution in [1.82, 2.24) is 9.88 Å². The Morgan fingerprint density at radius 3 is 2.44 bits per heavy atom. The molecule has 36 heavy (non-hydrogen) atoms. The fourth-order valence-corrected chi connectivity index (χ4v) is 4.40. The standard InChI is InChI=1S/C26H23F3N4O3/c1-15-7-9-20-22(16(15)2)31-23(34)18-8-10-21(30-24(18)36-20)32-11-13-33(14-12-32)25(35)17-5-3-4-6-19(17)26(27,28)29/h3-10H,11-14H2,1-2H3,(H,31,34). The first-order valence-electron chi connectivity index (χ1n) is 11.4. The van der Waals surface area contributed by atoms with Gasteiger partial charge in [0, 0.05) is 26.2 Å². The van der Waals surface area contributed by atoms with Crippen LogP contribution in [0.15, 0.2) is 48.5 Å². The molecule has 0 saturated carbocycles. The molecule has 1 N–H and O–H groups in total. The Bertz CT molecular complexity index is 1370. The Morgan fingerprint density at radius 1 is 1.00 bits per heavy atom. The first-order chi connectivity index (χ1) is 17.1. The maximum atomic E-state index is 13.4. The van der Waals surface area contributed by atoms with Crippen LogP contribution in [-0.4, -0.2) is 47.9 Å². The largest absolute Gasteiger partial charge is 0.436 e. The Balaban J connectivity index is 1.34. The average molecular weight is 496 g/mol. The summed E-state index contributed by atoms with van der Waals surface area (Å²) >= 11 is 0. The lowest BCUT2D eigenvalue weighted by molar-refractivity contribution is -0.138. The summed E-state index contributed by atoms with van der Waals surface area (Å²) in [6.07, 6.45) is -4.61. The third-order valence-corrected chi connectivity index (χ3v) is 6.59. The molecule has 2 aliphatic rings.